The topological polar surface area (TPSA) is 49.3 Å². The van der Waals surface area contributed by atoms with Crippen LogP contribution in [0.4, 0.5) is 0 Å². The van der Waals surface area contributed by atoms with Crippen LogP contribution in [-0.4, -0.2) is 35.2 Å². The van der Waals surface area contributed by atoms with Crippen molar-refractivity contribution in [1.29, 1.82) is 0 Å². The average Bonchev–Trinajstić information content (AvgIpc) is 2.92. The number of hydrogen-bond acceptors (Lipinski definition) is 3. The molecule has 1 saturated heterocycles. The lowest BCUT2D eigenvalue weighted by molar-refractivity contribution is 0.0941. The van der Waals surface area contributed by atoms with Crippen LogP contribution in [0.5, 0.6) is 0 Å². The van der Waals surface area contributed by atoms with E-state index in [0.717, 1.165) is 29.1 Å². The number of thioether (sulfide) groups is 1. The van der Waals surface area contributed by atoms with Crippen molar-refractivity contribution in [2.75, 3.05) is 18.1 Å². The van der Waals surface area contributed by atoms with Gasteiger partial charge in [-0.3, -0.25) is 4.79 Å². The van der Waals surface area contributed by atoms with E-state index in [4.69, 9.17) is 5.11 Å². The van der Waals surface area contributed by atoms with Crippen molar-refractivity contribution in [3.63, 3.8) is 0 Å². The Balaban J connectivity index is 2.17. The van der Waals surface area contributed by atoms with Crippen LogP contribution in [-0.2, 0) is 0 Å². The summed E-state index contributed by atoms with van der Waals surface area (Å²) >= 11 is 1.87. The maximum atomic E-state index is 12.3. The fourth-order valence-electron chi connectivity index (χ4n) is 2.08. The van der Waals surface area contributed by atoms with Crippen LogP contribution < -0.4 is 5.32 Å². The van der Waals surface area contributed by atoms with Crippen LogP contribution in [0.2, 0.25) is 0 Å². The van der Waals surface area contributed by atoms with Gasteiger partial charge in [0.15, 0.2) is 0 Å². The quantitative estimate of drug-likeness (QED) is 0.836. The Kier molecular flexibility index (Phi) is 5.51. The summed E-state index contributed by atoms with van der Waals surface area (Å²) in [5.41, 5.74) is 2.44. The van der Waals surface area contributed by atoms with Crippen molar-refractivity contribution in [1.82, 2.24) is 5.32 Å². The van der Waals surface area contributed by atoms with Gasteiger partial charge >= 0.3 is 0 Å². The monoisotopic (exact) mass is 289 g/mol. The highest BCUT2D eigenvalue weighted by atomic mass is 32.2. The van der Waals surface area contributed by atoms with Gasteiger partial charge in [0.05, 0.1) is 12.2 Å². The molecule has 0 aromatic heterocycles. The van der Waals surface area contributed by atoms with E-state index in [2.05, 4.69) is 17.2 Å². The fourth-order valence-corrected chi connectivity index (χ4v) is 3.24. The highest BCUT2D eigenvalue weighted by molar-refractivity contribution is 7.99. The first-order valence-electron chi connectivity index (χ1n) is 6.79. The molecular formula is C16H19NO2S. The minimum absolute atomic E-state index is 0.0413. The van der Waals surface area contributed by atoms with Crippen molar-refractivity contribution >= 4 is 17.7 Å². The molecule has 0 aliphatic carbocycles. The number of hydrogen-bond donors (Lipinski definition) is 2. The third-order valence-corrected chi connectivity index (χ3v) is 4.31. The molecule has 1 atom stereocenters. The van der Waals surface area contributed by atoms with Crippen LogP contribution >= 0.6 is 11.8 Å². The second kappa shape index (κ2) is 7.37. The number of nitrogens with one attached hydrogen (secondary N) is 1. The Morgan fingerprint density at radius 3 is 3.10 bits per heavy atom. The van der Waals surface area contributed by atoms with Crippen molar-refractivity contribution < 1.29 is 9.90 Å². The van der Waals surface area contributed by atoms with Crippen molar-refractivity contribution in [2.45, 2.75) is 25.8 Å². The zero-order chi connectivity index (χ0) is 14.4. The van der Waals surface area contributed by atoms with E-state index in [9.17, 15) is 4.79 Å². The Bertz CT molecular complexity index is 539. The molecule has 1 aliphatic heterocycles. The van der Waals surface area contributed by atoms with Gasteiger partial charge in [-0.15, -0.1) is 0 Å². The normalized spacial score (nSPS) is 17.4. The predicted molar refractivity (Wildman–Crippen MR) is 83.0 cm³/mol. The number of aryl methyl sites for hydroxylation is 1. The molecule has 1 aromatic carbocycles. The largest absolute Gasteiger partial charge is 0.395 e. The van der Waals surface area contributed by atoms with Crippen LogP contribution in [0.1, 0.15) is 34.3 Å². The Hall–Kier alpha value is -1.44. The number of aliphatic hydroxyl groups is 1. The van der Waals surface area contributed by atoms with Gasteiger partial charge in [-0.25, -0.2) is 0 Å². The van der Waals surface area contributed by atoms with Crippen LogP contribution in [0.25, 0.3) is 0 Å². The second-order valence-electron chi connectivity index (χ2n) is 4.86. The molecule has 1 unspecified atom stereocenters. The Morgan fingerprint density at radius 1 is 1.55 bits per heavy atom. The highest BCUT2D eigenvalue weighted by Gasteiger charge is 2.19. The molecule has 3 nitrogen and oxygen atoms in total. The van der Waals surface area contributed by atoms with E-state index < -0.39 is 0 Å². The zero-order valence-electron chi connectivity index (χ0n) is 11.6. The molecular weight excluding hydrogens is 270 g/mol. The van der Waals surface area contributed by atoms with E-state index in [-0.39, 0.29) is 18.6 Å². The fraction of sp³-hybridized carbons (Fsp3) is 0.438. The van der Waals surface area contributed by atoms with E-state index in [1.54, 1.807) is 0 Å². The maximum absolute atomic E-state index is 12.3. The maximum Gasteiger partial charge on any atom is 0.252 e. The van der Waals surface area contributed by atoms with Gasteiger partial charge < -0.3 is 10.4 Å². The molecule has 0 radical (unpaired) electrons. The first-order chi connectivity index (χ1) is 9.70. The number of benzene rings is 1. The molecule has 0 spiro atoms. The zero-order valence-corrected chi connectivity index (χ0v) is 12.4. The molecule has 20 heavy (non-hydrogen) atoms. The molecule has 106 valence electrons. The molecule has 2 N–H and O–H groups in total. The summed E-state index contributed by atoms with van der Waals surface area (Å²) in [6.07, 6.45) is 1.46. The number of carbonyl (C=O) groups is 1. The molecule has 1 fully saturated rings. The summed E-state index contributed by atoms with van der Waals surface area (Å²) in [5, 5.41) is 11.9. The molecule has 0 bridgehead atoms. The van der Waals surface area contributed by atoms with Crippen molar-refractivity contribution in [3.05, 3.63) is 34.9 Å². The predicted octanol–water partition coefficient (Wildman–Crippen LogP) is 1.96. The van der Waals surface area contributed by atoms with E-state index in [1.807, 2.05) is 36.9 Å². The second-order valence-corrected chi connectivity index (χ2v) is 6.01. The number of amides is 1. The SMILES string of the molecule is Cc1ccc(C(=O)NC2CCSC2)c(C#CCCO)c1. The molecule has 1 aromatic rings. The Labute approximate surface area is 124 Å². The molecule has 1 heterocycles. The summed E-state index contributed by atoms with van der Waals surface area (Å²) in [7, 11) is 0. The van der Waals surface area contributed by atoms with Crippen molar-refractivity contribution in [3.8, 4) is 11.8 Å². The van der Waals surface area contributed by atoms with Crippen LogP contribution in [0, 0.1) is 18.8 Å². The van der Waals surface area contributed by atoms with Gasteiger partial charge in [0.1, 0.15) is 0 Å². The van der Waals surface area contributed by atoms with Crippen molar-refractivity contribution in [2.24, 2.45) is 0 Å². The van der Waals surface area contributed by atoms with E-state index >= 15 is 0 Å². The summed E-state index contributed by atoms with van der Waals surface area (Å²) in [4.78, 5) is 12.3. The lowest BCUT2D eigenvalue weighted by atomic mass is 10.0. The van der Waals surface area contributed by atoms with Gasteiger partial charge in [0.25, 0.3) is 5.91 Å². The molecule has 1 amide bonds. The lowest BCUT2D eigenvalue weighted by Gasteiger charge is -2.12. The Morgan fingerprint density at radius 2 is 2.40 bits per heavy atom. The van der Waals surface area contributed by atoms with Crippen LogP contribution in [0.3, 0.4) is 0 Å². The molecule has 0 saturated carbocycles. The number of aliphatic hydroxyl groups excluding tert-OH is 1. The lowest BCUT2D eigenvalue weighted by Crippen LogP contribution is -2.35. The van der Waals surface area contributed by atoms with Gasteiger partial charge in [-0.2, -0.15) is 11.8 Å². The van der Waals surface area contributed by atoms with Gasteiger partial charge in [-0.1, -0.05) is 17.9 Å². The summed E-state index contributed by atoms with van der Waals surface area (Å²) in [5.74, 6) is 7.92. The highest BCUT2D eigenvalue weighted by Crippen LogP contribution is 2.18. The summed E-state index contributed by atoms with van der Waals surface area (Å²) < 4.78 is 0. The first-order valence-corrected chi connectivity index (χ1v) is 7.95. The first kappa shape index (κ1) is 15.0. The third kappa shape index (κ3) is 4.03. The summed E-state index contributed by atoms with van der Waals surface area (Å²) in [6.45, 7) is 2.02. The molecule has 4 heteroatoms. The number of rotatable bonds is 3. The van der Waals surface area contributed by atoms with Gasteiger partial charge in [0, 0.05) is 23.8 Å². The average molecular weight is 289 g/mol. The summed E-state index contributed by atoms with van der Waals surface area (Å²) in [6, 6.07) is 5.94. The van der Waals surface area contributed by atoms with E-state index in [1.165, 1.54) is 0 Å². The molecule has 1 aliphatic rings. The van der Waals surface area contributed by atoms with Crippen LogP contribution in [0.15, 0.2) is 18.2 Å². The van der Waals surface area contributed by atoms with E-state index in [0.29, 0.717) is 12.0 Å². The third-order valence-electron chi connectivity index (χ3n) is 3.14. The van der Waals surface area contributed by atoms with Gasteiger partial charge in [0.2, 0.25) is 0 Å². The standard InChI is InChI=1S/C16H19NO2S/c1-12-5-6-15(13(10-12)4-2-3-8-18)16(19)17-14-7-9-20-11-14/h5-6,10,14,18H,3,7-9,11H2,1H3,(H,17,19). The van der Waals surface area contributed by atoms with Gasteiger partial charge in [-0.05, 0) is 36.8 Å². The molecule has 2 rings (SSSR count). The number of carbonyl (C=O) groups excluding carboxylic acids is 1. The minimum atomic E-state index is -0.0502. The smallest absolute Gasteiger partial charge is 0.252 e. The minimum Gasteiger partial charge on any atom is -0.395 e.